The SMILES string of the molecule is CN(C(=O)c1cccc(NC(=O)c2cccnc2)c1)C1CC2CCC(C1)N2.Cl.Cl. The summed E-state index contributed by atoms with van der Waals surface area (Å²) in [7, 11) is 1.89. The summed E-state index contributed by atoms with van der Waals surface area (Å²) in [5.74, 6) is -0.241. The van der Waals surface area contributed by atoms with Gasteiger partial charge >= 0.3 is 0 Å². The zero-order valence-electron chi connectivity index (χ0n) is 16.2. The van der Waals surface area contributed by atoms with Gasteiger partial charge in [-0.25, -0.2) is 0 Å². The van der Waals surface area contributed by atoms with Gasteiger partial charge in [-0.2, -0.15) is 0 Å². The van der Waals surface area contributed by atoms with Crippen LogP contribution in [0.15, 0.2) is 48.8 Å². The van der Waals surface area contributed by atoms with Gasteiger partial charge in [-0.05, 0) is 56.0 Å². The highest BCUT2D eigenvalue weighted by atomic mass is 35.5. The summed E-state index contributed by atoms with van der Waals surface area (Å²) in [5.41, 5.74) is 1.68. The molecule has 2 amide bonds. The molecule has 8 heteroatoms. The van der Waals surface area contributed by atoms with E-state index < -0.39 is 0 Å². The van der Waals surface area contributed by atoms with E-state index in [2.05, 4.69) is 15.6 Å². The second kappa shape index (κ2) is 10.1. The Hall–Kier alpha value is -2.15. The van der Waals surface area contributed by atoms with Gasteiger partial charge in [-0.1, -0.05) is 6.07 Å². The van der Waals surface area contributed by atoms with Crippen LogP contribution >= 0.6 is 24.8 Å². The highest BCUT2D eigenvalue weighted by Gasteiger charge is 2.36. The van der Waals surface area contributed by atoms with E-state index in [-0.39, 0.29) is 42.7 Å². The van der Waals surface area contributed by atoms with Gasteiger partial charge in [0.15, 0.2) is 0 Å². The van der Waals surface area contributed by atoms with Crippen molar-refractivity contribution in [3.63, 3.8) is 0 Å². The van der Waals surface area contributed by atoms with Crippen LogP contribution in [-0.2, 0) is 0 Å². The second-order valence-corrected chi connectivity index (χ2v) is 7.46. The molecule has 0 aliphatic carbocycles. The molecule has 0 saturated carbocycles. The normalized spacial score (nSPS) is 22.0. The summed E-state index contributed by atoms with van der Waals surface area (Å²) in [6.07, 6.45) is 7.58. The Balaban J connectivity index is 0.00000150. The van der Waals surface area contributed by atoms with Gasteiger partial charge in [0.1, 0.15) is 0 Å². The van der Waals surface area contributed by atoms with E-state index in [1.54, 1.807) is 42.6 Å². The molecule has 2 N–H and O–H groups in total. The van der Waals surface area contributed by atoms with Crippen molar-refractivity contribution in [2.45, 2.75) is 43.8 Å². The van der Waals surface area contributed by atoms with E-state index >= 15 is 0 Å². The third kappa shape index (κ3) is 5.26. The average Bonchev–Trinajstić information content (AvgIpc) is 3.05. The zero-order valence-corrected chi connectivity index (χ0v) is 17.8. The summed E-state index contributed by atoms with van der Waals surface area (Å²) in [4.78, 5) is 31.1. The van der Waals surface area contributed by atoms with E-state index in [1.807, 2.05) is 11.9 Å². The Labute approximate surface area is 183 Å². The predicted molar refractivity (Wildman–Crippen MR) is 118 cm³/mol. The van der Waals surface area contributed by atoms with Crippen LogP contribution in [0.2, 0.25) is 0 Å². The topological polar surface area (TPSA) is 74.3 Å². The molecule has 2 bridgehead atoms. The number of aromatic nitrogens is 1. The highest BCUT2D eigenvalue weighted by molar-refractivity contribution is 6.04. The Morgan fingerprint density at radius 3 is 2.41 bits per heavy atom. The molecular weight excluding hydrogens is 411 g/mol. The first-order valence-electron chi connectivity index (χ1n) is 9.45. The molecule has 2 saturated heterocycles. The number of nitrogens with zero attached hydrogens (tertiary/aromatic N) is 2. The lowest BCUT2D eigenvalue weighted by Gasteiger charge is -2.35. The van der Waals surface area contributed by atoms with Gasteiger partial charge in [0.2, 0.25) is 0 Å². The van der Waals surface area contributed by atoms with Crippen LogP contribution in [-0.4, -0.2) is 46.9 Å². The minimum Gasteiger partial charge on any atom is -0.339 e. The van der Waals surface area contributed by atoms with Crippen molar-refractivity contribution in [1.82, 2.24) is 15.2 Å². The molecule has 0 spiro atoms. The fourth-order valence-electron chi connectivity index (χ4n) is 4.14. The smallest absolute Gasteiger partial charge is 0.257 e. The summed E-state index contributed by atoms with van der Waals surface area (Å²) in [6.45, 7) is 0. The van der Waals surface area contributed by atoms with Crippen LogP contribution in [0, 0.1) is 0 Å². The number of halogens is 2. The van der Waals surface area contributed by atoms with Gasteiger partial charge in [-0.3, -0.25) is 14.6 Å². The molecule has 2 aliphatic heterocycles. The van der Waals surface area contributed by atoms with Crippen molar-refractivity contribution < 1.29 is 9.59 Å². The van der Waals surface area contributed by atoms with Crippen molar-refractivity contribution in [3.8, 4) is 0 Å². The number of benzene rings is 1. The number of hydrogen-bond acceptors (Lipinski definition) is 4. The number of rotatable bonds is 4. The lowest BCUT2D eigenvalue weighted by molar-refractivity contribution is 0.0681. The van der Waals surface area contributed by atoms with Gasteiger partial charge in [0, 0.05) is 48.8 Å². The highest BCUT2D eigenvalue weighted by Crippen LogP contribution is 2.30. The number of hydrogen-bond donors (Lipinski definition) is 2. The lowest BCUT2D eigenvalue weighted by Crippen LogP contribution is -2.48. The number of pyridine rings is 1. The Bertz CT molecular complexity index is 838. The molecule has 1 aromatic carbocycles. The molecule has 2 atom stereocenters. The molecule has 6 nitrogen and oxygen atoms in total. The maximum Gasteiger partial charge on any atom is 0.257 e. The fourth-order valence-corrected chi connectivity index (χ4v) is 4.14. The molecule has 1 aromatic heterocycles. The number of piperidine rings is 1. The van der Waals surface area contributed by atoms with Gasteiger partial charge in [-0.15, -0.1) is 24.8 Å². The van der Waals surface area contributed by atoms with E-state index in [1.165, 1.54) is 19.0 Å². The van der Waals surface area contributed by atoms with Crippen LogP contribution in [0.5, 0.6) is 0 Å². The first kappa shape index (κ1) is 23.1. The summed E-state index contributed by atoms with van der Waals surface area (Å²) >= 11 is 0. The minimum absolute atomic E-state index is 0. The van der Waals surface area contributed by atoms with Gasteiger partial charge in [0.25, 0.3) is 11.8 Å². The van der Waals surface area contributed by atoms with Gasteiger partial charge < -0.3 is 15.5 Å². The van der Waals surface area contributed by atoms with Crippen LogP contribution in [0.25, 0.3) is 0 Å². The first-order chi connectivity index (χ1) is 13.1. The molecule has 156 valence electrons. The number of anilines is 1. The molecule has 3 heterocycles. The number of nitrogens with one attached hydrogen (secondary N) is 2. The third-order valence-corrected chi connectivity index (χ3v) is 5.61. The van der Waals surface area contributed by atoms with Crippen LogP contribution < -0.4 is 10.6 Å². The summed E-state index contributed by atoms with van der Waals surface area (Å²) in [5, 5.41) is 6.45. The predicted octanol–water partition coefficient (Wildman–Crippen LogP) is 3.53. The molecule has 29 heavy (non-hydrogen) atoms. The van der Waals surface area contributed by atoms with Crippen molar-refractivity contribution in [3.05, 3.63) is 59.9 Å². The molecule has 2 fully saturated rings. The molecule has 2 aromatic rings. The standard InChI is InChI=1S/C21H24N4O2.2ClH/c1-25(19-11-17-7-8-18(12-19)23-17)21(27)14-4-2-6-16(10-14)24-20(26)15-5-3-9-22-13-15;;/h2-6,9-10,13,17-19,23H,7-8,11-12H2,1H3,(H,24,26);2*1H. The average molecular weight is 437 g/mol. The summed E-state index contributed by atoms with van der Waals surface area (Å²) in [6, 6.07) is 11.9. The number of amides is 2. The quantitative estimate of drug-likeness (QED) is 0.768. The van der Waals surface area contributed by atoms with Gasteiger partial charge in [0.05, 0.1) is 5.56 Å². The first-order valence-corrected chi connectivity index (χ1v) is 9.45. The minimum atomic E-state index is -0.240. The largest absolute Gasteiger partial charge is 0.339 e. The van der Waals surface area contributed by atoms with Crippen molar-refractivity contribution in [2.24, 2.45) is 0 Å². The second-order valence-electron chi connectivity index (χ2n) is 7.46. The van der Waals surface area contributed by atoms with Crippen molar-refractivity contribution in [2.75, 3.05) is 12.4 Å². The molecule has 2 aliphatic rings. The monoisotopic (exact) mass is 436 g/mol. The van der Waals surface area contributed by atoms with Crippen molar-refractivity contribution in [1.29, 1.82) is 0 Å². The van der Waals surface area contributed by atoms with Crippen LogP contribution in [0.1, 0.15) is 46.4 Å². The molecule has 2 unspecified atom stereocenters. The zero-order chi connectivity index (χ0) is 18.8. The van der Waals surface area contributed by atoms with E-state index in [0.717, 1.165) is 12.8 Å². The van der Waals surface area contributed by atoms with E-state index in [9.17, 15) is 9.59 Å². The van der Waals surface area contributed by atoms with E-state index in [0.29, 0.717) is 28.9 Å². The van der Waals surface area contributed by atoms with Crippen LogP contribution in [0.3, 0.4) is 0 Å². The van der Waals surface area contributed by atoms with Crippen molar-refractivity contribution >= 4 is 42.3 Å². The maximum atomic E-state index is 13.0. The fraction of sp³-hybridized carbons (Fsp3) is 0.381. The number of carbonyl (C=O) groups excluding carboxylic acids is 2. The Morgan fingerprint density at radius 2 is 1.76 bits per heavy atom. The third-order valence-electron chi connectivity index (χ3n) is 5.61. The molecular formula is C21H26Cl2N4O2. The maximum absolute atomic E-state index is 13.0. The number of fused-ring (bicyclic) bond motifs is 2. The Morgan fingerprint density at radius 1 is 1.07 bits per heavy atom. The lowest BCUT2D eigenvalue weighted by atomic mass is 9.98. The summed E-state index contributed by atoms with van der Waals surface area (Å²) < 4.78 is 0. The van der Waals surface area contributed by atoms with Crippen LogP contribution in [0.4, 0.5) is 5.69 Å². The number of carbonyl (C=O) groups is 2. The molecule has 4 rings (SSSR count). The van der Waals surface area contributed by atoms with E-state index in [4.69, 9.17) is 0 Å². The molecule has 0 radical (unpaired) electrons. The Kier molecular flexibility index (Phi) is 8.02.